The van der Waals surface area contributed by atoms with Gasteiger partial charge >= 0.3 is 0 Å². The third-order valence-corrected chi connectivity index (χ3v) is 6.00. The molecule has 2 aromatic rings. The molecule has 1 aromatic carbocycles. The lowest BCUT2D eigenvalue weighted by Gasteiger charge is -2.19. The van der Waals surface area contributed by atoms with Crippen molar-refractivity contribution in [1.82, 2.24) is 9.97 Å². The molecule has 0 bridgehead atoms. The molecule has 1 amide bonds. The van der Waals surface area contributed by atoms with Crippen LogP contribution in [0.1, 0.15) is 38.3 Å². The Balaban J connectivity index is 2.09. The lowest BCUT2D eigenvalue weighted by molar-refractivity contribution is -0.117. The van der Waals surface area contributed by atoms with Gasteiger partial charge in [-0.1, -0.05) is 37.3 Å². The van der Waals surface area contributed by atoms with Gasteiger partial charge in [0.1, 0.15) is 21.4 Å². The summed E-state index contributed by atoms with van der Waals surface area (Å²) in [6, 6.07) is 9.76. The van der Waals surface area contributed by atoms with Crippen molar-refractivity contribution in [3.8, 4) is 0 Å². The van der Waals surface area contributed by atoms with E-state index in [4.69, 9.17) is 4.78 Å². The molecule has 8 heteroatoms. The number of anilines is 2. The first-order chi connectivity index (χ1) is 12.8. The van der Waals surface area contributed by atoms with Gasteiger partial charge in [0, 0.05) is 17.4 Å². The molecule has 0 spiro atoms. The molecule has 0 fully saturated rings. The van der Waals surface area contributed by atoms with Crippen molar-refractivity contribution in [2.75, 3.05) is 16.0 Å². The van der Waals surface area contributed by atoms with E-state index in [2.05, 4.69) is 15.3 Å². The third kappa shape index (κ3) is 4.10. The van der Waals surface area contributed by atoms with Crippen LogP contribution < -0.4 is 10.2 Å². The van der Waals surface area contributed by atoms with E-state index in [0.29, 0.717) is 30.2 Å². The summed E-state index contributed by atoms with van der Waals surface area (Å²) in [5.41, 5.74) is 1.69. The van der Waals surface area contributed by atoms with E-state index >= 15 is 0 Å². The maximum atomic E-state index is 12.8. The van der Waals surface area contributed by atoms with E-state index in [1.807, 2.05) is 51.1 Å². The minimum atomic E-state index is -3.10. The zero-order valence-electron chi connectivity index (χ0n) is 15.9. The van der Waals surface area contributed by atoms with E-state index in [9.17, 15) is 9.00 Å². The minimum absolute atomic E-state index is 0.000915. The van der Waals surface area contributed by atoms with E-state index in [1.165, 1.54) is 0 Å². The quantitative estimate of drug-likeness (QED) is 0.711. The average molecular weight is 388 g/mol. The Labute approximate surface area is 160 Å². The number of fused-ring (bicyclic) bond motifs is 1. The highest BCUT2D eigenvalue weighted by molar-refractivity contribution is 7.92. The zero-order chi connectivity index (χ0) is 19.6. The highest BCUT2D eigenvalue weighted by Gasteiger charge is 2.34. The number of nitrogens with zero attached hydrogens (tertiary/aromatic N) is 3. The number of hydrogen-bond donors (Lipinski definition) is 2. The van der Waals surface area contributed by atoms with Crippen molar-refractivity contribution in [3.05, 3.63) is 41.5 Å². The van der Waals surface area contributed by atoms with Crippen LogP contribution in [0.5, 0.6) is 0 Å². The first-order valence-corrected chi connectivity index (χ1v) is 10.8. The molecule has 1 aromatic heterocycles. The van der Waals surface area contributed by atoms with Crippen molar-refractivity contribution in [2.45, 2.75) is 51.4 Å². The summed E-state index contributed by atoms with van der Waals surface area (Å²) in [5.74, 6) is 1.09. The summed E-state index contributed by atoms with van der Waals surface area (Å²) in [6.45, 7) is 6.20. The molecule has 1 unspecified atom stereocenters. The summed E-state index contributed by atoms with van der Waals surface area (Å²) in [6.07, 6.45) is 0.798. The van der Waals surface area contributed by atoms with Gasteiger partial charge in [0.25, 0.3) is 0 Å². The van der Waals surface area contributed by atoms with Crippen LogP contribution >= 0.6 is 0 Å². The van der Waals surface area contributed by atoms with Crippen molar-refractivity contribution < 1.29 is 9.00 Å². The molecular weight excluding hydrogens is 362 g/mol. The second-order valence-electron chi connectivity index (χ2n) is 6.98. The molecule has 0 radical (unpaired) electrons. The number of rotatable bonds is 7. The van der Waals surface area contributed by atoms with Crippen LogP contribution in [0.2, 0.25) is 0 Å². The predicted molar refractivity (Wildman–Crippen MR) is 106 cm³/mol. The van der Waals surface area contributed by atoms with E-state index < -0.39 is 9.73 Å². The summed E-state index contributed by atoms with van der Waals surface area (Å²) >= 11 is 0. The molecule has 1 aliphatic rings. The molecule has 27 heavy (non-hydrogen) atoms. The number of aromatic nitrogens is 2. The van der Waals surface area contributed by atoms with Gasteiger partial charge < -0.3 is 5.32 Å². The molecular formula is C19H25N5O2S. The highest BCUT2D eigenvalue weighted by atomic mass is 32.2. The fourth-order valence-corrected chi connectivity index (χ4v) is 4.28. The molecule has 1 aliphatic heterocycles. The van der Waals surface area contributed by atoms with Crippen LogP contribution in [0.4, 0.5) is 11.6 Å². The fourth-order valence-electron chi connectivity index (χ4n) is 3.05. The van der Waals surface area contributed by atoms with Crippen LogP contribution in [0.3, 0.4) is 0 Å². The van der Waals surface area contributed by atoms with Gasteiger partial charge in [-0.3, -0.25) is 9.69 Å². The molecule has 0 aliphatic carbocycles. The second-order valence-corrected chi connectivity index (χ2v) is 9.10. The van der Waals surface area contributed by atoms with Crippen molar-refractivity contribution >= 4 is 27.3 Å². The number of benzene rings is 1. The first kappa shape index (κ1) is 19.3. The molecule has 1 atom stereocenters. The van der Waals surface area contributed by atoms with Gasteiger partial charge in [0.05, 0.1) is 13.0 Å². The van der Waals surface area contributed by atoms with Crippen LogP contribution in [0.25, 0.3) is 0 Å². The Kier molecular flexibility index (Phi) is 5.46. The lowest BCUT2D eigenvalue weighted by atomic mass is 10.2. The number of hydrogen-bond acceptors (Lipinski definition) is 6. The SMILES string of the molecule is CCCS(=N)(=O)c1nc(NC(C)C)c2c(n1)N(Cc1ccccc1)C(=O)C2. The number of carbonyl (C=O) groups is 1. The van der Waals surface area contributed by atoms with Gasteiger partial charge in [0.15, 0.2) is 0 Å². The highest BCUT2D eigenvalue weighted by Crippen LogP contribution is 2.34. The second kappa shape index (κ2) is 7.64. The molecule has 3 rings (SSSR count). The molecule has 0 saturated heterocycles. The monoisotopic (exact) mass is 387 g/mol. The van der Waals surface area contributed by atoms with Gasteiger partial charge in [-0.05, 0) is 25.8 Å². The van der Waals surface area contributed by atoms with Gasteiger partial charge in [0.2, 0.25) is 11.1 Å². The fraction of sp³-hybridized carbons (Fsp3) is 0.421. The van der Waals surface area contributed by atoms with Crippen LogP contribution in [-0.2, 0) is 27.5 Å². The normalized spacial score (nSPS) is 15.7. The lowest BCUT2D eigenvalue weighted by Crippen LogP contribution is -2.27. The van der Waals surface area contributed by atoms with Crippen molar-refractivity contribution in [3.63, 3.8) is 0 Å². The van der Waals surface area contributed by atoms with Crippen molar-refractivity contribution in [1.29, 1.82) is 4.78 Å². The van der Waals surface area contributed by atoms with E-state index in [-0.39, 0.29) is 29.3 Å². The Bertz CT molecular complexity index is 942. The largest absolute Gasteiger partial charge is 0.367 e. The smallest absolute Gasteiger partial charge is 0.233 e. The first-order valence-electron chi connectivity index (χ1n) is 9.10. The van der Waals surface area contributed by atoms with Crippen molar-refractivity contribution in [2.24, 2.45) is 0 Å². The van der Waals surface area contributed by atoms with Crippen LogP contribution in [0.15, 0.2) is 35.5 Å². The predicted octanol–water partition coefficient (Wildman–Crippen LogP) is 3.20. The molecule has 7 nitrogen and oxygen atoms in total. The summed E-state index contributed by atoms with van der Waals surface area (Å²) < 4.78 is 21.0. The molecule has 2 heterocycles. The van der Waals surface area contributed by atoms with Crippen LogP contribution in [-0.4, -0.2) is 31.9 Å². The van der Waals surface area contributed by atoms with Gasteiger partial charge in [-0.25, -0.2) is 19.0 Å². The molecule has 0 saturated carbocycles. The Hall–Kier alpha value is -2.48. The summed E-state index contributed by atoms with van der Waals surface area (Å²) in [5, 5.41) is 3.22. The van der Waals surface area contributed by atoms with Gasteiger partial charge in [-0.2, -0.15) is 0 Å². The van der Waals surface area contributed by atoms with Crippen LogP contribution in [0, 0.1) is 4.78 Å². The van der Waals surface area contributed by atoms with E-state index in [1.54, 1.807) is 4.90 Å². The van der Waals surface area contributed by atoms with E-state index in [0.717, 1.165) is 5.56 Å². The van der Waals surface area contributed by atoms with Gasteiger partial charge in [-0.15, -0.1) is 0 Å². The average Bonchev–Trinajstić information content (AvgIpc) is 2.92. The topological polar surface area (TPSA) is 99.0 Å². The Morgan fingerprint density at radius 3 is 2.59 bits per heavy atom. The Morgan fingerprint density at radius 1 is 1.26 bits per heavy atom. The molecule has 2 N–H and O–H groups in total. The third-order valence-electron chi connectivity index (χ3n) is 4.24. The number of amides is 1. The standard InChI is InChI=1S/C19H25N5O2S/c1-4-10-27(20,26)19-22-17(21-13(2)3)15-11-16(25)24(18(15)23-19)12-14-8-6-5-7-9-14/h5-9,13,20H,4,10-12H2,1-3H3,(H,21,22,23). The zero-order valence-corrected chi connectivity index (χ0v) is 16.7. The maximum absolute atomic E-state index is 12.8. The Morgan fingerprint density at radius 2 is 1.96 bits per heavy atom. The number of carbonyl (C=O) groups excluding carboxylic acids is 1. The molecule has 144 valence electrons. The maximum Gasteiger partial charge on any atom is 0.233 e. The number of nitrogens with one attached hydrogen (secondary N) is 2. The summed E-state index contributed by atoms with van der Waals surface area (Å²) in [4.78, 5) is 23.1. The minimum Gasteiger partial charge on any atom is -0.367 e. The summed E-state index contributed by atoms with van der Waals surface area (Å²) in [7, 11) is -3.10.